The largest absolute Gasteiger partial charge is 0.484 e. The van der Waals surface area contributed by atoms with E-state index in [4.69, 9.17) is 9.84 Å². The van der Waals surface area contributed by atoms with Crippen LogP contribution in [0.15, 0.2) is 30.6 Å². The number of carbonyl (C=O) groups is 1. The number of ether oxygens (including phenoxy) is 1. The van der Waals surface area contributed by atoms with Crippen molar-refractivity contribution < 1.29 is 14.6 Å². The number of rotatable bonds is 3. The molecule has 1 atom stereocenters. The van der Waals surface area contributed by atoms with Crippen molar-refractivity contribution in [1.82, 2.24) is 4.98 Å². The summed E-state index contributed by atoms with van der Waals surface area (Å²) >= 11 is 0. The Bertz CT molecular complexity index is 414. The molecule has 0 saturated heterocycles. The molecular formula is C12H13NO3. The van der Waals surface area contributed by atoms with E-state index in [-0.39, 0.29) is 11.7 Å². The Balaban J connectivity index is 2.17. The summed E-state index contributed by atoms with van der Waals surface area (Å²) in [4.78, 5) is 14.8. The summed E-state index contributed by atoms with van der Waals surface area (Å²) in [6.45, 7) is 0. The molecule has 0 fully saturated rings. The van der Waals surface area contributed by atoms with Gasteiger partial charge in [0.1, 0.15) is 11.7 Å². The molecule has 1 aliphatic carbocycles. The fourth-order valence-corrected chi connectivity index (χ4v) is 1.69. The zero-order chi connectivity index (χ0) is 11.4. The molecule has 1 aliphatic rings. The summed E-state index contributed by atoms with van der Waals surface area (Å²) in [5.74, 6) is -0.649. The fraction of sp³-hybridized carbons (Fsp3) is 0.333. The number of carboxylic acid groups (broad SMARTS) is 1. The Morgan fingerprint density at radius 1 is 1.56 bits per heavy atom. The Kier molecular flexibility index (Phi) is 3.19. The molecule has 0 amide bonds. The summed E-state index contributed by atoms with van der Waals surface area (Å²) < 4.78 is 5.62. The second kappa shape index (κ2) is 4.79. The molecule has 4 heteroatoms. The topological polar surface area (TPSA) is 59.4 Å². The van der Waals surface area contributed by atoms with Crippen LogP contribution in [0.3, 0.4) is 0 Å². The predicted octanol–water partition coefficient (Wildman–Crippen LogP) is 2.27. The minimum atomic E-state index is -0.989. The van der Waals surface area contributed by atoms with Gasteiger partial charge in [0.25, 0.3) is 0 Å². The Morgan fingerprint density at radius 2 is 2.44 bits per heavy atom. The third-order valence-electron chi connectivity index (χ3n) is 2.50. The molecule has 0 saturated carbocycles. The first-order valence-corrected chi connectivity index (χ1v) is 5.28. The molecule has 1 aromatic heterocycles. The van der Waals surface area contributed by atoms with E-state index in [0.29, 0.717) is 5.75 Å². The number of aromatic carboxylic acids is 1. The number of allylic oxidation sites excluding steroid dienone is 1. The van der Waals surface area contributed by atoms with E-state index in [1.165, 1.54) is 18.5 Å². The van der Waals surface area contributed by atoms with Gasteiger partial charge in [-0.25, -0.2) is 4.79 Å². The second-order valence-electron chi connectivity index (χ2n) is 3.69. The SMILES string of the molecule is O=C(O)c1ccncc1OC1C=CCCC1. The van der Waals surface area contributed by atoms with Gasteiger partial charge < -0.3 is 9.84 Å². The van der Waals surface area contributed by atoms with Gasteiger partial charge in [0.2, 0.25) is 0 Å². The van der Waals surface area contributed by atoms with Crippen LogP contribution in [0.4, 0.5) is 0 Å². The zero-order valence-electron chi connectivity index (χ0n) is 8.80. The number of aromatic nitrogens is 1. The second-order valence-corrected chi connectivity index (χ2v) is 3.69. The lowest BCUT2D eigenvalue weighted by molar-refractivity contribution is 0.0690. The van der Waals surface area contributed by atoms with Crippen LogP contribution in [0.5, 0.6) is 5.75 Å². The van der Waals surface area contributed by atoms with Gasteiger partial charge in [-0.15, -0.1) is 0 Å². The van der Waals surface area contributed by atoms with E-state index in [1.54, 1.807) is 0 Å². The lowest BCUT2D eigenvalue weighted by atomic mass is 10.1. The molecule has 1 N–H and O–H groups in total. The first-order valence-electron chi connectivity index (χ1n) is 5.28. The van der Waals surface area contributed by atoms with Crippen molar-refractivity contribution in [2.24, 2.45) is 0 Å². The van der Waals surface area contributed by atoms with E-state index in [1.807, 2.05) is 6.08 Å². The van der Waals surface area contributed by atoms with Gasteiger partial charge in [-0.05, 0) is 31.4 Å². The average Bonchev–Trinajstić information content (AvgIpc) is 2.31. The highest BCUT2D eigenvalue weighted by atomic mass is 16.5. The van der Waals surface area contributed by atoms with Crippen molar-refractivity contribution in [3.8, 4) is 5.75 Å². The summed E-state index contributed by atoms with van der Waals surface area (Å²) in [6, 6.07) is 1.45. The first-order chi connectivity index (χ1) is 7.77. The first kappa shape index (κ1) is 10.7. The lowest BCUT2D eigenvalue weighted by Crippen LogP contribution is -2.17. The van der Waals surface area contributed by atoms with Crippen LogP contribution in [0.1, 0.15) is 29.6 Å². The van der Waals surface area contributed by atoms with Gasteiger partial charge in [-0.3, -0.25) is 4.98 Å². The summed E-state index contributed by atoms with van der Waals surface area (Å²) in [6.07, 6.45) is 9.97. The van der Waals surface area contributed by atoms with Gasteiger partial charge in [0.15, 0.2) is 5.75 Å². The number of nitrogens with zero attached hydrogens (tertiary/aromatic N) is 1. The molecule has 4 nitrogen and oxygen atoms in total. The van der Waals surface area contributed by atoms with Crippen molar-refractivity contribution in [3.63, 3.8) is 0 Å². The predicted molar refractivity (Wildman–Crippen MR) is 58.6 cm³/mol. The molecule has 1 heterocycles. The third kappa shape index (κ3) is 2.39. The highest BCUT2D eigenvalue weighted by Crippen LogP contribution is 2.21. The molecule has 16 heavy (non-hydrogen) atoms. The quantitative estimate of drug-likeness (QED) is 0.792. The van der Waals surface area contributed by atoms with Crippen molar-refractivity contribution in [3.05, 3.63) is 36.2 Å². The molecule has 1 unspecified atom stereocenters. The molecule has 0 aliphatic heterocycles. The number of hydrogen-bond donors (Lipinski definition) is 1. The van der Waals surface area contributed by atoms with Crippen molar-refractivity contribution in [2.45, 2.75) is 25.4 Å². The lowest BCUT2D eigenvalue weighted by Gasteiger charge is -2.19. The maximum absolute atomic E-state index is 10.9. The molecule has 84 valence electrons. The van der Waals surface area contributed by atoms with Gasteiger partial charge in [-0.2, -0.15) is 0 Å². The van der Waals surface area contributed by atoms with E-state index >= 15 is 0 Å². The monoisotopic (exact) mass is 219 g/mol. The standard InChI is InChI=1S/C12H13NO3/c14-12(15)10-6-7-13-8-11(10)16-9-4-2-1-3-5-9/h2,4,6-9H,1,3,5H2,(H,14,15). The highest BCUT2D eigenvalue weighted by Gasteiger charge is 2.15. The maximum atomic E-state index is 10.9. The molecular weight excluding hydrogens is 206 g/mol. The van der Waals surface area contributed by atoms with Gasteiger partial charge in [-0.1, -0.05) is 6.08 Å². The Labute approximate surface area is 93.6 Å². The molecule has 1 aromatic rings. The minimum absolute atomic E-state index is 0.0314. The molecule has 0 bridgehead atoms. The minimum Gasteiger partial charge on any atom is -0.484 e. The third-order valence-corrected chi connectivity index (χ3v) is 2.50. The Hall–Kier alpha value is -1.84. The van der Waals surface area contributed by atoms with E-state index < -0.39 is 5.97 Å². The van der Waals surface area contributed by atoms with Gasteiger partial charge >= 0.3 is 5.97 Å². The van der Waals surface area contributed by atoms with Crippen LogP contribution in [0, 0.1) is 0 Å². The van der Waals surface area contributed by atoms with Gasteiger partial charge in [0.05, 0.1) is 6.20 Å². The summed E-state index contributed by atoms with van der Waals surface area (Å²) in [7, 11) is 0. The van der Waals surface area contributed by atoms with Crippen LogP contribution in [0.2, 0.25) is 0 Å². The van der Waals surface area contributed by atoms with Crippen LogP contribution in [-0.4, -0.2) is 22.2 Å². The number of hydrogen-bond acceptors (Lipinski definition) is 3. The average molecular weight is 219 g/mol. The molecule has 0 aromatic carbocycles. The normalized spacial score (nSPS) is 19.4. The van der Waals surface area contributed by atoms with Crippen molar-refractivity contribution >= 4 is 5.97 Å². The zero-order valence-corrected chi connectivity index (χ0v) is 8.80. The highest BCUT2D eigenvalue weighted by molar-refractivity contribution is 5.90. The van der Waals surface area contributed by atoms with Crippen LogP contribution >= 0.6 is 0 Å². The number of carboxylic acids is 1. The van der Waals surface area contributed by atoms with E-state index in [0.717, 1.165) is 19.3 Å². The summed E-state index contributed by atoms with van der Waals surface area (Å²) in [5.41, 5.74) is 0.161. The van der Waals surface area contributed by atoms with Crippen molar-refractivity contribution in [1.29, 1.82) is 0 Å². The van der Waals surface area contributed by atoms with Crippen LogP contribution in [-0.2, 0) is 0 Å². The summed E-state index contributed by atoms with van der Waals surface area (Å²) in [5, 5.41) is 8.97. The molecule has 0 radical (unpaired) electrons. The fourth-order valence-electron chi connectivity index (χ4n) is 1.69. The smallest absolute Gasteiger partial charge is 0.339 e. The van der Waals surface area contributed by atoms with E-state index in [9.17, 15) is 4.79 Å². The van der Waals surface area contributed by atoms with Crippen molar-refractivity contribution in [2.75, 3.05) is 0 Å². The van der Waals surface area contributed by atoms with Crippen LogP contribution in [0.25, 0.3) is 0 Å². The number of pyridine rings is 1. The van der Waals surface area contributed by atoms with E-state index in [2.05, 4.69) is 11.1 Å². The molecule has 2 rings (SSSR count). The van der Waals surface area contributed by atoms with Crippen LogP contribution < -0.4 is 4.74 Å². The maximum Gasteiger partial charge on any atom is 0.339 e. The molecule has 0 spiro atoms. The Morgan fingerprint density at radius 3 is 3.12 bits per heavy atom. The van der Waals surface area contributed by atoms with Gasteiger partial charge in [0, 0.05) is 6.20 Å².